The Hall–Kier alpha value is -1.11. The molecule has 2 aromatic rings. The fraction of sp³-hybridized carbons (Fsp3) is 0.467. The molecule has 0 fully saturated rings. The van der Waals surface area contributed by atoms with Crippen molar-refractivity contribution in [3.05, 3.63) is 34.3 Å². The Morgan fingerprint density at radius 2 is 2.24 bits per heavy atom. The van der Waals surface area contributed by atoms with Gasteiger partial charge in [0.25, 0.3) is 0 Å². The number of nitrogens with zero attached hydrogens (tertiary/aromatic N) is 2. The number of rotatable bonds is 4. The summed E-state index contributed by atoms with van der Waals surface area (Å²) in [6.07, 6.45) is 2.22. The first kappa shape index (κ1) is 14.8. The number of hydrogen-bond acceptors (Lipinski definition) is 6. The van der Waals surface area contributed by atoms with Crippen molar-refractivity contribution < 1.29 is 4.74 Å². The molecule has 0 aliphatic heterocycles. The highest BCUT2D eigenvalue weighted by Gasteiger charge is 2.30. The number of nitrogens with one attached hydrogen (secondary N) is 1. The van der Waals surface area contributed by atoms with Gasteiger partial charge in [0.1, 0.15) is 10.8 Å². The zero-order chi connectivity index (χ0) is 14.8. The van der Waals surface area contributed by atoms with Crippen LogP contribution in [0, 0.1) is 6.92 Å². The molecule has 0 saturated carbocycles. The van der Waals surface area contributed by atoms with E-state index in [2.05, 4.69) is 27.6 Å². The van der Waals surface area contributed by atoms with Gasteiger partial charge in [0, 0.05) is 11.3 Å². The van der Waals surface area contributed by atoms with Gasteiger partial charge in [0.2, 0.25) is 0 Å². The smallest absolute Gasteiger partial charge is 0.174 e. The molecule has 0 radical (unpaired) electrons. The maximum atomic E-state index is 5.33. The number of aryl methyl sites for hydroxylation is 2. The molecular weight excluding hydrogens is 302 g/mol. The summed E-state index contributed by atoms with van der Waals surface area (Å²) in [7, 11) is 3.75. The number of ether oxygens (including phenoxy) is 1. The Balaban J connectivity index is 1.84. The summed E-state index contributed by atoms with van der Waals surface area (Å²) in [5, 5.41) is 13.3. The number of thioether (sulfide) groups is 1. The van der Waals surface area contributed by atoms with Gasteiger partial charge in [-0.05, 0) is 50.1 Å². The van der Waals surface area contributed by atoms with Crippen molar-refractivity contribution in [2.24, 2.45) is 0 Å². The predicted molar refractivity (Wildman–Crippen MR) is 87.4 cm³/mol. The second-order valence-electron chi connectivity index (χ2n) is 5.11. The van der Waals surface area contributed by atoms with E-state index in [0.717, 1.165) is 27.9 Å². The fourth-order valence-corrected chi connectivity index (χ4v) is 5.16. The highest BCUT2D eigenvalue weighted by atomic mass is 32.2. The minimum atomic E-state index is 0.342. The van der Waals surface area contributed by atoms with Crippen LogP contribution in [0.3, 0.4) is 0 Å². The standard InChI is InChI=1S/C15H19N3OS2/c1-9-17-18-15(20-9)21-13-7-4-10-8-11(19-3)5-6-12(10)14(13)16-2/h5-6,8,13-14,16H,4,7H2,1-3H3. The Labute approximate surface area is 133 Å². The van der Waals surface area contributed by atoms with Crippen LogP contribution in [0.1, 0.15) is 28.6 Å². The van der Waals surface area contributed by atoms with E-state index in [1.807, 2.05) is 31.8 Å². The van der Waals surface area contributed by atoms with Gasteiger partial charge in [0.15, 0.2) is 4.34 Å². The molecular formula is C15H19N3OS2. The van der Waals surface area contributed by atoms with Crippen molar-refractivity contribution in [1.29, 1.82) is 0 Å². The van der Waals surface area contributed by atoms with E-state index < -0.39 is 0 Å². The Morgan fingerprint density at radius 1 is 1.38 bits per heavy atom. The fourth-order valence-electron chi connectivity index (χ4n) is 2.82. The molecule has 0 spiro atoms. The van der Waals surface area contributed by atoms with Crippen LogP contribution in [0.2, 0.25) is 0 Å². The molecule has 3 rings (SSSR count). The third kappa shape index (κ3) is 3.07. The molecule has 1 heterocycles. The highest BCUT2D eigenvalue weighted by Crippen LogP contribution is 2.41. The lowest BCUT2D eigenvalue weighted by molar-refractivity contribution is 0.412. The van der Waals surface area contributed by atoms with Crippen molar-refractivity contribution in [1.82, 2.24) is 15.5 Å². The molecule has 6 heteroatoms. The average Bonchev–Trinajstić information content (AvgIpc) is 2.91. The van der Waals surface area contributed by atoms with Crippen molar-refractivity contribution >= 4 is 23.1 Å². The normalized spacial score (nSPS) is 21.1. The van der Waals surface area contributed by atoms with Crippen LogP contribution in [-0.2, 0) is 6.42 Å². The quantitative estimate of drug-likeness (QED) is 0.937. The van der Waals surface area contributed by atoms with E-state index in [1.54, 1.807) is 18.4 Å². The van der Waals surface area contributed by atoms with Gasteiger partial charge < -0.3 is 10.1 Å². The first-order chi connectivity index (χ1) is 10.2. The third-order valence-corrected chi connectivity index (χ3v) is 6.09. The number of hydrogen-bond donors (Lipinski definition) is 1. The molecule has 1 aliphatic carbocycles. The van der Waals surface area contributed by atoms with Crippen molar-refractivity contribution in [3.8, 4) is 5.75 Å². The largest absolute Gasteiger partial charge is 0.497 e. The van der Waals surface area contributed by atoms with Gasteiger partial charge in [-0.15, -0.1) is 10.2 Å². The van der Waals surface area contributed by atoms with Gasteiger partial charge >= 0.3 is 0 Å². The maximum absolute atomic E-state index is 5.33. The second kappa shape index (κ2) is 6.34. The van der Waals surface area contributed by atoms with Crippen LogP contribution in [0.5, 0.6) is 5.75 Å². The Bertz CT molecular complexity index is 629. The Morgan fingerprint density at radius 3 is 2.90 bits per heavy atom. The van der Waals surface area contributed by atoms with Gasteiger partial charge in [-0.25, -0.2) is 0 Å². The molecule has 112 valence electrons. The summed E-state index contributed by atoms with van der Waals surface area (Å²) in [6.45, 7) is 2.00. The summed E-state index contributed by atoms with van der Waals surface area (Å²) in [4.78, 5) is 0. The Kier molecular flexibility index (Phi) is 4.47. The summed E-state index contributed by atoms with van der Waals surface area (Å²) in [5.74, 6) is 0.939. The van der Waals surface area contributed by atoms with E-state index in [-0.39, 0.29) is 0 Å². The third-order valence-electron chi connectivity index (χ3n) is 3.83. The van der Waals surface area contributed by atoms with Crippen molar-refractivity contribution in [3.63, 3.8) is 0 Å². The average molecular weight is 321 g/mol. The first-order valence-electron chi connectivity index (χ1n) is 7.02. The molecule has 2 unspecified atom stereocenters. The molecule has 1 N–H and O–H groups in total. The summed E-state index contributed by atoms with van der Waals surface area (Å²) < 4.78 is 6.40. The SMILES string of the molecule is CNC1c2ccc(OC)cc2CCC1Sc1nnc(C)s1. The molecule has 2 atom stereocenters. The lowest BCUT2D eigenvalue weighted by Crippen LogP contribution is -2.32. The van der Waals surface area contributed by atoms with E-state index in [9.17, 15) is 0 Å². The van der Waals surface area contributed by atoms with Crippen LogP contribution in [-0.4, -0.2) is 29.6 Å². The monoisotopic (exact) mass is 321 g/mol. The van der Waals surface area contributed by atoms with Crippen molar-refractivity contribution in [2.45, 2.75) is 35.4 Å². The lowest BCUT2D eigenvalue weighted by Gasteiger charge is -2.32. The minimum absolute atomic E-state index is 0.342. The second-order valence-corrected chi connectivity index (χ2v) is 7.78. The topological polar surface area (TPSA) is 47.0 Å². The molecule has 1 aromatic carbocycles. The van der Waals surface area contributed by atoms with Crippen LogP contribution in [0.4, 0.5) is 0 Å². The summed E-state index contributed by atoms with van der Waals surface area (Å²) in [6, 6.07) is 6.74. The zero-order valence-corrected chi connectivity index (χ0v) is 14.1. The predicted octanol–water partition coefficient (Wildman–Crippen LogP) is 3.22. The molecule has 4 nitrogen and oxygen atoms in total. The van der Waals surface area contributed by atoms with E-state index in [4.69, 9.17) is 4.74 Å². The lowest BCUT2D eigenvalue weighted by atomic mass is 9.87. The van der Waals surface area contributed by atoms with Crippen LogP contribution >= 0.6 is 23.1 Å². The highest BCUT2D eigenvalue weighted by molar-refractivity contribution is 8.01. The molecule has 1 aromatic heterocycles. The first-order valence-corrected chi connectivity index (χ1v) is 8.71. The van der Waals surface area contributed by atoms with Gasteiger partial charge in [0.05, 0.1) is 7.11 Å². The number of fused-ring (bicyclic) bond motifs is 1. The maximum Gasteiger partial charge on any atom is 0.174 e. The van der Waals surface area contributed by atoms with E-state index in [0.29, 0.717) is 11.3 Å². The van der Waals surface area contributed by atoms with Gasteiger partial charge in [-0.3, -0.25) is 0 Å². The summed E-state index contributed by atoms with van der Waals surface area (Å²) in [5.41, 5.74) is 2.77. The summed E-state index contributed by atoms with van der Waals surface area (Å²) >= 11 is 3.52. The van der Waals surface area contributed by atoms with E-state index in [1.165, 1.54) is 11.1 Å². The van der Waals surface area contributed by atoms with Gasteiger partial charge in [-0.2, -0.15) is 0 Å². The molecule has 0 amide bonds. The molecule has 0 saturated heterocycles. The van der Waals surface area contributed by atoms with Crippen LogP contribution < -0.4 is 10.1 Å². The van der Waals surface area contributed by atoms with Gasteiger partial charge in [-0.1, -0.05) is 29.2 Å². The van der Waals surface area contributed by atoms with E-state index >= 15 is 0 Å². The minimum Gasteiger partial charge on any atom is -0.497 e. The van der Waals surface area contributed by atoms with Crippen LogP contribution in [0.15, 0.2) is 22.5 Å². The zero-order valence-electron chi connectivity index (χ0n) is 12.4. The number of methoxy groups -OCH3 is 1. The molecule has 0 bridgehead atoms. The van der Waals surface area contributed by atoms with Crippen molar-refractivity contribution in [2.75, 3.05) is 14.2 Å². The number of benzene rings is 1. The molecule has 21 heavy (non-hydrogen) atoms. The molecule has 1 aliphatic rings. The van der Waals surface area contributed by atoms with Crippen LogP contribution in [0.25, 0.3) is 0 Å². The number of aromatic nitrogens is 2.